The molecule has 0 atom stereocenters. The van der Waals surface area contributed by atoms with Crippen molar-refractivity contribution in [3.8, 4) is 11.5 Å². The van der Waals surface area contributed by atoms with Crippen LogP contribution in [0, 0.1) is 11.6 Å². The lowest BCUT2D eigenvalue weighted by molar-refractivity contribution is 0.0383. The number of nitrogens with one attached hydrogen (secondary N) is 3. The minimum absolute atomic E-state index is 0.0114. The van der Waals surface area contributed by atoms with E-state index in [-0.39, 0.29) is 29.1 Å². The Morgan fingerprint density at radius 2 is 1.86 bits per heavy atom. The van der Waals surface area contributed by atoms with Gasteiger partial charge in [0.15, 0.2) is 23.1 Å². The number of fused-ring (bicyclic) bond motifs is 1. The zero-order chi connectivity index (χ0) is 26.1. The van der Waals surface area contributed by atoms with Crippen molar-refractivity contribution < 1.29 is 18.3 Å². The van der Waals surface area contributed by atoms with Gasteiger partial charge in [-0.1, -0.05) is 12.1 Å². The lowest BCUT2D eigenvalue weighted by Crippen LogP contribution is -2.46. The highest BCUT2D eigenvalue weighted by atomic mass is 19.1. The van der Waals surface area contributed by atoms with Crippen molar-refractivity contribution in [2.75, 3.05) is 31.8 Å². The molecule has 3 N–H and O–H groups in total. The molecule has 37 heavy (non-hydrogen) atoms. The molecule has 0 radical (unpaired) electrons. The third-order valence-electron chi connectivity index (χ3n) is 6.34. The number of rotatable bonds is 8. The molecule has 0 spiro atoms. The number of aromatic amines is 1. The number of hydrogen-bond donors (Lipinski definition) is 3. The molecule has 2 heterocycles. The van der Waals surface area contributed by atoms with Gasteiger partial charge in [0.1, 0.15) is 17.6 Å². The molecule has 4 aromatic rings. The zero-order valence-corrected chi connectivity index (χ0v) is 20.5. The quantitative estimate of drug-likeness (QED) is 0.318. The number of benzene rings is 2. The Labute approximate surface area is 211 Å². The van der Waals surface area contributed by atoms with Crippen LogP contribution in [0.25, 0.3) is 10.9 Å². The van der Waals surface area contributed by atoms with Gasteiger partial charge in [0, 0.05) is 23.2 Å². The van der Waals surface area contributed by atoms with Crippen LogP contribution >= 0.6 is 0 Å². The van der Waals surface area contributed by atoms with E-state index in [1.807, 2.05) is 0 Å². The lowest BCUT2D eigenvalue weighted by Gasteiger charge is -2.39. The number of H-pyrrole nitrogens is 1. The first-order chi connectivity index (χ1) is 17.8. The molecule has 1 fully saturated rings. The molecule has 5 rings (SSSR count). The fourth-order valence-electron chi connectivity index (χ4n) is 4.14. The van der Waals surface area contributed by atoms with E-state index in [0.717, 1.165) is 19.0 Å². The van der Waals surface area contributed by atoms with Gasteiger partial charge in [-0.05, 0) is 51.2 Å². The Kier molecular flexibility index (Phi) is 6.62. The van der Waals surface area contributed by atoms with Crippen LogP contribution in [0.15, 0.2) is 53.5 Å². The zero-order valence-electron chi connectivity index (χ0n) is 20.5. The third-order valence-corrected chi connectivity index (χ3v) is 6.34. The molecule has 9 nitrogen and oxygen atoms in total. The number of aromatic nitrogens is 3. The average molecular weight is 509 g/mol. The van der Waals surface area contributed by atoms with Gasteiger partial charge in [0.05, 0.1) is 18.8 Å². The maximum absolute atomic E-state index is 14.5. The van der Waals surface area contributed by atoms with Crippen LogP contribution in [0.1, 0.15) is 12.8 Å². The molecule has 1 aliphatic carbocycles. The summed E-state index contributed by atoms with van der Waals surface area (Å²) in [7, 11) is 5.67. The fourth-order valence-corrected chi connectivity index (χ4v) is 4.14. The molecular formula is C26H26F2N6O3. The second-order valence-corrected chi connectivity index (χ2v) is 9.05. The number of methoxy groups -OCH3 is 1. The van der Waals surface area contributed by atoms with Crippen LogP contribution in [-0.2, 0) is 0 Å². The standard InChI is InChI=1S/C26H26F2N6O3/c1-34(2)16-11-17(12-16)37-21-8-7-15(10-22(21)36-3)30-26-29-13-19(28)24(33-26)31-20-9-14-5-4-6-18(27)23(14)32-25(20)35/h4-10,13,16-17H,11-12H2,1-3H3,(H,32,35)(H2,29,30,31,33). The van der Waals surface area contributed by atoms with Crippen LogP contribution in [-0.4, -0.2) is 53.2 Å². The summed E-state index contributed by atoms with van der Waals surface area (Å²) >= 11 is 0. The van der Waals surface area contributed by atoms with Crippen molar-refractivity contribution in [1.29, 1.82) is 0 Å². The Bertz CT molecular complexity index is 1500. The van der Waals surface area contributed by atoms with Crippen molar-refractivity contribution in [2.45, 2.75) is 25.0 Å². The van der Waals surface area contributed by atoms with E-state index in [9.17, 15) is 13.6 Å². The summed E-state index contributed by atoms with van der Waals surface area (Å²) in [6.45, 7) is 0. The maximum atomic E-state index is 14.5. The molecule has 0 bridgehead atoms. The first-order valence-electron chi connectivity index (χ1n) is 11.7. The van der Waals surface area contributed by atoms with Gasteiger partial charge in [-0.15, -0.1) is 0 Å². The summed E-state index contributed by atoms with van der Waals surface area (Å²) in [6.07, 6.45) is 3.01. The van der Waals surface area contributed by atoms with E-state index < -0.39 is 17.2 Å². The molecule has 1 saturated carbocycles. The van der Waals surface area contributed by atoms with Gasteiger partial charge in [0.2, 0.25) is 5.95 Å². The summed E-state index contributed by atoms with van der Waals surface area (Å²) in [4.78, 5) is 25.2. The number of anilines is 4. The minimum atomic E-state index is -0.762. The van der Waals surface area contributed by atoms with E-state index >= 15 is 0 Å². The second kappa shape index (κ2) is 10.0. The largest absolute Gasteiger partial charge is 0.493 e. The summed E-state index contributed by atoms with van der Waals surface area (Å²) in [6, 6.07) is 11.6. The van der Waals surface area contributed by atoms with Crippen LogP contribution in [0.5, 0.6) is 11.5 Å². The lowest BCUT2D eigenvalue weighted by atomic mass is 9.88. The van der Waals surface area contributed by atoms with E-state index in [2.05, 4.69) is 44.6 Å². The van der Waals surface area contributed by atoms with Gasteiger partial charge < -0.3 is 30.0 Å². The van der Waals surface area contributed by atoms with Crippen LogP contribution in [0.4, 0.5) is 31.9 Å². The summed E-state index contributed by atoms with van der Waals surface area (Å²) < 4.78 is 40.0. The van der Waals surface area contributed by atoms with Crippen molar-refractivity contribution >= 4 is 34.0 Å². The van der Waals surface area contributed by atoms with Gasteiger partial charge >= 0.3 is 0 Å². The smallest absolute Gasteiger partial charge is 0.272 e. The van der Waals surface area contributed by atoms with E-state index in [1.165, 1.54) is 18.2 Å². The maximum Gasteiger partial charge on any atom is 0.272 e. The summed E-state index contributed by atoms with van der Waals surface area (Å²) in [5.41, 5.74) is 0.0615. The third kappa shape index (κ3) is 5.17. The second-order valence-electron chi connectivity index (χ2n) is 9.05. The Morgan fingerprint density at radius 3 is 2.62 bits per heavy atom. The molecule has 0 saturated heterocycles. The Hall–Kier alpha value is -4.25. The normalized spacial score (nSPS) is 16.9. The molecule has 2 aromatic heterocycles. The Morgan fingerprint density at radius 1 is 1.05 bits per heavy atom. The fraction of sp³-hybridized carbons (Fsp3) is 0.269. The minimum Gasteiger partial charge on any atom is -0.493 e. The molecular weight excluding hydrogens is 482 g/mol. The Balaban J connectivity index is 1.33. The molecule has 0 amide bonds. The predicted molar refractivity (Wildman–Crippen MR) is 137 cm³/mol. The van der Waals surface area contributed by atoms with E-state index in [0.29, 0.717) is 28.6 Å². The number of nitrogens with zero attached hydrogens (tertiary/aromatic N) is 3. The number of ether oxygens (including phenoxy) is 2. The van der Waals surface area contributed by atoms with Crippen LogP contribution in [0.2, 0.25) is 0 Å². The highest BCUT2D eigenvalue weighted by Gasteiger charge is 2.32. The van der Waals surface area contributed by atoms with Gasteiger partial charge in [0.25, 0.3) is 5.56 Å². The van der Waals surface area contributed by atoms with Gasteiger partial charge in [-0.25, -0.2) is 13.8 Å². The van der Waals surface area contributed by atoms with Crippen molar-refractivity contribution in [2.24, 2.45) is 0 Å². The highest BCUT2D eigenvalue weighted by Crippen LogP contribution is 2.36. The SMILES string of the molecule is COc1cc(Nc2ncc(F)c(Nc3cc4cccc(F)c4[nH]c3=O)n2)ccc1OC1CC(N(C)C)C1. The first kappa shape index (κ1) is 24.4. The number of pyridine rings is 1. The summed E-state index contributed by atoms with van der Waals surface area (Å²) in [5, 5.41) is 6.13. The molecule has 192 valence electrons. The molecule has 0 unspecified atom stereocenters. The molecule has 1 aliphatic rings. The number of para-hydroxylation sites is 1. The van der Waals surface area contributed by atoms with E-state index in [4.69, 9.17) is 9.47 Å². The topological polar surface area (TPSA) is 104 Å². The molecule has 0 aliphatic heterocycles. The molecule has 2 aromatic carbocycles. The molecule has 11 heteroatoms. The van der Waals surface area contributed by atoms with Gasteiger partial charge in [-0.3, -0.25) is 4.79 Å². The van der Waals surface area contributed by atoms with Crippen molar-refractivity contribution in [3.63, 3.8) is 0 Å². The number of halogens is 2. The summed E-state index contributed by atoms with van der Waals surface area (Å²) in [5.74, 6) is -0.277. The van der Waals surface area contributed by atoms with Gasteiger partial charge in [-0.2, -0.15) is 4.98 Å². The van der Waals surface area contributed by atoms with Crippen molar-refractivity contribution in [1.82, 2.24) is 19.9 Å². The monoisotopic (exact) mass is 508 g/mol. The van der Waals surface area contributed by atoms with Crippen molar-refractivity contribution in [3.05, 3.63) is 70.6 Å². The van der Waals surface area contributed by atoms with Crippen LogP contribution < -0.4 is 25.7 Å². The van der Waals surface area contributed by atoms with Crippen LogP contribution in [0.3, 0.4) is 0 Å². The predicted octanol–water partition coefficient (Wildman–Crippen LogP) is 4.56. The highest BCUT2D eigenvalue weighted by molar-refractivity contribution is 5.82. The average Bonchev–Trinajstić information content (AvgIpc) is 2.84. The van der Waals surface area contributed by atoms with E-state index in [1.54, 1.807) is 31.4 Å². The number of hydrogen-bond acceptors (Lipinski definition) is 8. The first-order valence-corrected chi connectivity index (χ1v) is 11.7.